The number of carboxylic acid groups (broad SMARTS) is 1. The first-order valence-corrected chi connectivity index (χ1v) is 6.11. The number of hydrogen-bond donors (Lipinski definition) is 1. The monoisotopic (exact) mass is 275 g/mol. The van der Waals surface area contributed by atoms with E-state index >= 15 is 0 Å². The van der Waals surface area contributed by atoms with Crippen LogP contribution in [-0.4, -0.2) is 36.0 Å². The van der Waals surface area contributed by atoms with Crippen LogP contribution in [0.25, 0.3) is 0 Å². The molecule has 0 bridgehead atoms. The number of hydrogen-bond acceptors (Lipinski definition) is 5. The molecule has 7 nitrogen and oxygen atoms in total. The summed E-state index contributed by atoms with van der Waals surface area (Å²) in [6.07, 6.45) is 0.262. The van der Waals surface area contributed by atoms with E-state index in [-0.39, 0.29) is 13.0 Å². The zero-order valence-electron chi connectivity index (χ0n) is 10.4. The van der Waals surface area contributed by atoms with Crippen molar-refractivity contribution in [2.45, 2.75) is 12.0 Å². The van der Waals surface area contributed by atoms with E-state index in [1.807, 2.05) is 0 Å². The second-order valence-corrected chi connectivity index (χ2v) is 4.69. The molecule has 0 unspecified atom stereocenters. The molecule has 0 aliphatic carbocycles. The van der Waals surface area contributed by atoms with Gasteiger partial charge in [-0.05, 0) is 6.07 Å². The lowest BCUT2D eigenvalue weighted by Gasteiger charge is -2.33. The quantitative estimate of drug-likeness (QED) is 0.695. The van der Waals surface area contributed by atoms with E-state index in [4.69, 9.17) is 4.74 Å². The van der Waals surface area contributed by atoms with Crippen molar-refractivity contribution in [2.75, 3.05) is 13.2 Å². The minimum atomic E-state index is -1.48. The molecule has 2 aliphatic heterocycles. The molecule has 1 aromatic carbocycles. The summed E-state index contributed by atoms with van der Waals surface area (Å²) < 4.78 is 5.46. The molecule has 1 aromatic rings. The summed E-state index contributed by atoms with van der Waals surface area (Å²) in [5.74, 6) is -1.55. The van der Waals surface area contributed by atoms with Gasteiger partial charge in [0.15, 0.2) is 5.54 Å². The fourth-order valence-corrected chi connectivity index (χ4v) is 2.64. The Morgan fingerprint density at radius 1 is 1.40 bits per heavy atom. The Morgan fingerprint density at radius 3 is 2.90 bits per heavy atom. The van der Waals surface area contributed by atoms with Crippen LogP contribution in [0.2, 0.25) is 0 Å². The number of carbonyl (C=O) groups is 3. The first-order chi connectivity index (χ1) is 9.54. The zero-order chi connectivity index (χ0) is 14.3. The standard InChI is InChI=1S/C13H12N2O5/c16-10(17)7-15-11(18)13(14-12(15)19)5-6-20-9-4-2-1-3-8(9)13/h1-4H,5-7H2,(H,14,19)(H,16,17)/p-1/t13-/m0/s1. The summed E-state index contributed by atoms with van der Waals surface area (Å²) in [6, 6.07) is 6.16. The highest BCUT2D eigenvalue weighted by atomic mass is 16.5. The molecule has 1 N–H and O–H groups in total. The van der Waals surface area contributed by atoms with E-state index < -0.39 is 30.0 Å². The zero-order valence-corrected chi connectivity index (χ0v) is 10.4. The van der Waals surface area contributed by atoms with Gasteiger partial charge in [0, 0.05) is 12.0 Å². The number of imide groups is 1. The van der Waals surface area contributed by atoms with Crippen molar-refractivity contribution in [1.82, 2.24) is 10.2 Å². The normalized spacial score (nSPS) is 24.3. The third kappa shape index (κ3) is 1.63. The van der Waals surface area contributed by atoms with Gasteiger partial charge >= 0.3 is 6.03 Å². The van der Waals surface area contributed by atoms with Crippen molar-refractivity contribution < 1.29 is 24.2 Å². The lowest BCUT2D eigenvalue weighted by molar-refractivity contribution is -0.305. The van der Waals surface area contributed by atoms with Crippen molar-refractivity contribution in [3.05, 3.63) is 29.8 Å². The van der Waals surface area contributed by atoms with Crippen molar-refractivity contribution in [1.29, 1.82) is 0 Å². The van der Waals surface area contributed by atoms with Crippen molar-refractivity contribution in [3.63, 3.8) is 0 Å². The van der Waals surface area contributed by atoms with Crippen molar-refractivity contribution in [2.24, 2.45) is 0 Å². The van der Waals surface area contributed by atoms with E-state index in [9.17, 15) is 19.5 Å². The number of ether oxygens (including phenoxy) is 1. The van der Waals surface area contributed by atoms with Gasteiger partial charge in [-0.1, -0.05) is 18.2 Å². The number of urea groups is 1. The maximum Gasteiger partial charge on any atom is 0.325 e. The molecule has 104 valence electrons. The molecule has 3 rings (SSSR count). The highest BCUT2D eigenvalue weighted by Gasteiger charge is 2.54. The minimum absolute atomic E-state index is 0.262. The molecule has 2 aliphatic rings. The van der Waals surface area contributed by atoms with E-state index in [0.717, 1.165) is 0 Å². The second-order valence-electron chi connectivity index (χ2n) is 4.69. The van der Waals surface area contributed by atoms with E-state index in [0.29, 0.717) is 16.2 Å². The molecule has 3 amide bonds. The molecule has 0 saturated carbocycles. The van der Waals surface area contributed by atoms with Gasteiger partial charge in [0.05, 0.1) is 19.1 Å². The van der Waals surface area contributed by atoms with Gasteiger partial charge < -0.3 is 20.0 Å². The van der Waals surface area contributed by atoms with Crippen LogP contribution in [0.5, 0.6) is 5.75 Å². The molecule has 1 fully saturated rings. The Hall–Kier alpha value is -2.57. The Kier molecular flexibility index (Phi) is 2.63. The van der Waals surface area contributed by atoms with Crippen LogP contribution < -0.4 is 15.2 Å². The molecule has 0 radical (unpaired) electrons. The van der Waals surface area contributed by atoms with Gasteiger partial charge in [0.1, 0.15) is 5.75 Å². The SMILES string of the molecule is O=C([O-])CN1C(=O)N[C@]2(CCOc3ccccc32)C1=O. The highest BCUT2D eigenvalue weighted by molar-refractivity contribution is 6.09. The number of amides is 3. The average Bonchev–Trinajstić information content (AvgIpc) is 2.64. The number of benzene rings is 1. The van der Waals surface area contributed by atoms with Crippen LogP contribution in [0.15, 0.2) is 24.3 Å². The molecule has 20 heavy (non-hydrogen) atoms. The molecule has 1 atom stereocenters. The van der Waals surface area contributed by atoms with Crippen LogP contribution in [0.3, 0.4) is 0 Å². The summed E-state index contributed by atoms with van der Waals surface area (Å²) in [5, 5.41) is 13.3. The third-order valence-corrected chi connectivity index (χ3v) is 3.54. The molecule has 1 spiro atoms. The number of nitrogens with zero attached hydrogens (tertiary/aromatic N) is 1. The summed E-state index contributed by atoms with van der Waals surface area (Å²) in [7, 11) is 0. The topological polar surface area (TPSA) is 98.8 Å². The summed E-state index contributed by atoms with van der Waals surface area (Å²) >= 11 is 0. The van der Waals surface area contributed by atoms with E-state index in [2.05, 4.69) is 5.32 Å². The van der Waals surface area contributed by atoms with Crippen LogP contribution in [0, 0.1) is 0 Å². The number of fused-ring (bicyclic) bond motifs is 2. The lowest BCUT2D eigenvalue weighted by Crippen LogP contribution is -2.48. The predicted octanol–water partition coefficient (Wildman–Crippen LogP) is -1.03. The summed E-state index contributed by atoms with van der Waals surface area (Å²) in [6.45, 7) is -0.488. The fourth-order valence-electron chi connectivity index (χ4n) is 2.64. The van der Waals surface area contributed by atoms with E-state index in [1.54, 1.807) is 24.3 Å². The Morgan fingerprint density at radius 2 is 2.15 bits per heavy atom. The molecular formula is C13H11N2O5-. The van der Waals surface area contributed by atoms with Crippen molar-refractivity contribution >= 4 is 17.9 Å². The van der Waals surface area contributed by atoms with Crippen LogP contribution in [0.4, 0.5) is 4.79 Å². The Balaban J connectivity index is 2.05. The Labute approximate surface area is 114 Å². The number of rotatable bonds is 2. The fraction of sp³-hybridized carbons (Fsp3) is 0.308. The smallest absolute Gasteiger partial charge is 0.325 e. The number of carboxylic acids is 1. The number of carbonyl (C=O) groups excluding carboxylic acids is 3. The molecule has 7 heteroatoms. The maximum atomic E-state index is 12.5. The number of aliphatic carboxylic acids is 1. The van der Waals surface area contributed by atoms with Crippen LogP contribution in [0.1, 0.15) is 12.0 Å². The molecular weight excluding hydrogens is 264 g/mol. The largest absolute Gasteiger partial charge is 0.548 e. The van der Waals surface area contributed by atoms with Crippen LogP contribution >= 0.6 is 0 Å². The van der Waals surface area contributed by atoms with Gasteiger partial charge in [-0.2, -0.15) is 0 Å². The van der Waals surface area contributed by atoms with Gasteiger partial charge in [0.2, 0.25) is 0 Å². The molecule has 1 saturated heterocycles. The Bertz CT molecular complexity index is 615. The van der Waals surface area contributed by atoms with Gasteiger partial charge in [0.25, 0.3) is 5.91 Å². The maximum absolute atomic E-state index is 12.5. The first kappa shape index (κ1) is 12.5. The minimum Gasteiger partial charge on any atom is -0.548 e. The summed E-state index contributed by atoms with van der Waals surface area (Å²) in [4.78, 5) is 35.7. The van der Waals surface area contributed by atoms with Crippen LogP contribution in [-0.2, 0) is 15.1 Å². The number of para-hydroxylation sites is 1. The predicted molar refractivity (Wildman–Crippen MR) is 63.5 cm³/mol. The van der Waals surface area contributed by atoms with Crippen molar-refractivity contribution in [3.8, 4) is 5.75 Å². The average molecular weight is 275 g/mol. The third-order valence-electron chi connectivity index (χ3n) is 3.54. The highest BCUT2D eigenvalue weighted by Crippen LogP contribution is 2.40. The van der Waals surface area contributed by atoms with Gasteiger partial charge in [-0.3, -0.25) is 9.69 Å². The first-order valence-electron chi connectivity index (χ1n) is 6.11. The van der Waals surface area contributed by atoms with E-state index in [1.165, 1.54) is 0 Å². The summed E-state index contributed by atoms with van der Waals surface area (Å²) in [5.41, 5.74) is -0.688. The number of nitrogens with one attached hydrogen (secondary N) is 1. The molecule has 0 aromatic heterocycles. The van der Waals surface area contributed by atoms with Gasteiger partial charge in [-0.15, -0.1) is 0 Å². The van der Waals surface area contributed by atoms with Gasteiger partial charge in [-0.25, -0.2) is 4.79 Å². The molecule has 2 heterocycles. The second kappa shape index (κ2) is 4.22. The lowest BCUT2D eigenvalue weighted by atomic mass is 9.84.